The van der Waals surface area contributed by atoms with Crippen LogP contribution in [0.3, 0.4) is 0 Å². The van der Waals surface area contributed by atoms with E-state index in [0.717, 1.165) is 42.8 Å². The Morgan fingerprint density at radius 1 is 1.43 bits per heavy atom. The third-order valence-corrected chi connectivity index (χ3v) is 5.42. The molecule has 0 aliphatic heterocycles. The second-order valence-corrected chi connectivity index (χ2v) is 7.35. The number of nitrogens with zero attached hydrogens (tertiary/aromatic N) is 3. The van der Waals surface area contributed by atoms with Gasteiger partial charge in [0.15, 0.2) is 5.16 Å². The minimum Gasteiger partial charge on any atom is -0.337 e. The quantitative estimate of drug-likeness (QED) is 0.875. The van der Waals surface area contributed by atoms with Crippen LogP contribution in [0.15, 0.2) is 35.7 Å². The molecule has 1 saturated carbocycles. The average Bonchev–Trinajstić information content (AvgIpc) is 2.99. The second kappa shape index (κ2) is 6.63. The number of hydrogen-bond donors (Lipinski definition) is 1. The van der Waals surface area contributed by atoms with Gasteiger partial charge in [0.25, 0.3) is 0 Å². The van der Waals surface area contributed by atoms with Crippen molar-refractivity contribution in [2.75, 3.05) is 0 Å². The van der Waals surface area contributed by atoms with Gasteiger partial charge in [-0.1, -0.05) is 37.1 Å². The summed E-state index contributed by atoms with van der Waals surface area (Å²) in [4.78, 5) is 16.9. The van der Waals surface area contributed by atoms with Gasteiger partial charge in [-0.15, -0.1) is 0 Å². The summed E-state index contributed by atoms with van der Waals surface area (Å²) in [5.74, 6) is -0.0915. The van der Waals surface area contributed by atoms with Crippen LogP contribution in [0.1, 0.15) is 39.0 Å². The number of imidazole rings is 1. The Balaban J connectivity index is 1.69. The Labute approximate surface area is 140 Å². The minimum absolute atomic E-state index is 0.0915. The van der Waals surface area contributed by atoms with Gasteiger partial charge >= 0.3 is 0 Å². The number of nitrogens with one attached hydrogen (secondary N) is 1. The maximum absolute atomic E-state index is 12.5. The van der Waals surface area contributed by atoms with E-state index in [1.54, 1.807) is 6.20 Å². The number of rotatable bonds is 4. The highest BCUT2D eigenvalue weighted by atomic mass is 32.2. The molecule has 1 fully saturated rings. The van der Waals surface area contributed by atoms with E-state index in [2.05, 4.69) is 16.4 Å². The van der Waals surface area contributed by atoms with Crippen molar-refractivity contribution in [3.63, 3.8) is 0 Å². The van der Waals surface area contributed by atoms with Crippen molar-refractivity contribution >= 4 is 23.2 Å². The third-order valence-electron chi connectivity index (χ3n) is 4.34. The number of nitriles is 1. The van der Waals surface area contributed by atoms with E-state index in [-0.39, 0.29) is 11.2 Å². The van der Waals surface area contributed by atoms with Gasteiger partial charge < -0.3 is 5.32 Å². The van der Waals surface area contributed by atoms with Crippen LogP contribution in [0.5, 0.6) is 0 Å². The van der Waals surface area contributed by atoms with Crippen LogP contribution < -0.4 is 5.32 Å². The van der Waals surface area contributed by atoms with Crippen LogP contribution in [0, 0.1) is 11.3 Å². The number of amides is 1. The molecule has 3 rings (SSSR count). The molecule has 1 N–H and O–H groups in total. The first kappa shape index (κ1) is 15.9. The lowest BCUT2D eigenvalue weighted by molar-refractivity contribution is -0.121. The number of fused-ring (bicyclic) bond motifs is 1. The smallest absolute Gasteiger partial charge is 0.234 e. The van der Waals surface area contributed by atoms with Gasteiger partial charge in [0.05, 0.1) is 23.0 Å². The summed E-state index contributed by atoms with van der Waals surface area (Å²) in [6.45, 7) is 1.86. The first-order chi connectivity index (χ1) is 11.1. The Morgan fingerprint density at radius 3 is 2.96 bits per heavy atom. The summed E-state index contributed by atoms with van der Waals surface area (Å²) in [7, 11) is 0. The summed E-state index contributed by atoms with van der Waals surface area (Å²) in [5, 5.41) is 13.0. The molecule has 23 heavy (non-hydrogen) atoms. The number of pyridine rings is 1. The monoisotopic (exact) mass is 328 g/mol. The fourth-order valence-corrected chi connectivity index (χ4v) is 3.85. The number of carbonyl (C=O) groups excluding carboxylic acids is 1. The highest BCUT2D eigenvalue weighted by Crippen LogP contribution is 2.29. The van der Waals surface area contributed by atoms with Crippen molar-refractivity contribution in [2.24, 2.45) is 0 Å². The Kier molecular flexibility index (Phi) is 4.58. The Morgan fingerprint density at radius 2 is 2.22 bits per heavy atom. The minimum atomic E-state index is -0.682. The van der Waals surface area contributed by atoms with E-state index >= 15 is 0 Å². The maximum Gasteiger partial charge on any atom is 0.234 e. The Hall–Kier alpha value is -2.00. The van der Waals surface area contributed by atoms with Gasteiger partial charge in [0.2, 0.25) is 5.91 Å². The molecule has 0 saturated heterocycles. The lowest BCUT2D eigenvalue weighted by atomic mass is 9.83. The molecule has 2 aromatic rings. The van der Waals surface area contributed by atoms with Gasteiger partial charge in [-0.05, 0) is 31.9 Å². The van der Waals surface area contributed by atoms with Crippen LogP contribution in [-0.4, -0.2) is 26.1 Å². The average molecular weight is 328 g/mol. The summed E-state index contributed by atoms with van der Waals surface area (Å²) in [5.41, 5.74) is 0.321. The van der Waals surface area contributed by atoms with E-state index in [9.17, 15) is 10.1 Å². The summed E-state index contributed by atoms with van der Waals surface area (Å²) in [6, 6.07) is 8.21. The van der Waals surface area contributed by atoms with Crippen LogP contribution in [0.25, 0.3) is 5.52 Å². The van der Waals surface area contributed by atoms with Gasteiger partial charge in [-0.25, -0.2) is 4.98 Å². The molecule has 5 nitrogen and oxygen atoms in total. The number of thioether (sulfide) groups is 1. The molecule has 120 valence electrons. The van der Waals surface area contributed by atoms with E-state index in [0.29, 0.717) is 0 Å². The molecule has 0 spiro atoms. The van der Waals surface area contributed by atoms with Crippen molar-refractivity contribution < 1.29 is 4.79 Å². The highest BCUT2D eigenvalue weighted by molar-refractivity contribution is 8.00. The fourth-order valence-electron chi connectivity index (χ4n) is 2.98. The van der Waals surface area contributed by atoms with Crippen LogP contribution >= 0.6 is 11.8 Å². The zero-order valence-electron chi connectivity index (χ0n) is 13.2. The predicted molar refractivity (Wildman–Crippen MR) is 90.1 cm³/mol. The molecule has 2 aromatic heterocycles. The molecule has 1 atom stereocenters. The summed E-state index contributed by atoms with van der Waals surface area (Å²) < 4.78 is 1.97. The normalized spacial score (nSPS) is 18.3. The van der Waals surface area contributed by atoms with Crippen molar-refractivity contribution in [1.82, 2.24) is 14.7 Å². The molecular weight excluding hydrogens is 308 g/mol. The van der Waals surface area contributed by atoms with Crippen molar-refractivity contribution in [3.05, 3.63) is 30.6 Å². The van der Waals surface area contributed by atoms with E-state index < -0.39 is 5.54 Å². The van der Waals surface area contributed by atoms with E-state index in [1.807, 2.05) is 35.7 Å². The first-order valence-electron chi connectivity index (χ1n) is 7.96. The standard InChI is InChI=1S/C17H20N4OS/c1-13(15(22)20-17(12-18)8-4-2-5-9-17)23-16-19-11-14-7-3-6-10-21(14)16/h3,6-7,10-11,13H,2,4-5,8-9H2,1H3,(H,20,22)/t13-/m0/s1. The highest BCUT2D eigenvalue weighted by Gasteiger charge is 2.35. The van der Waals surface area contributed by atoms with Crippen LogP contribution in [-0.2, 0) is 4.79 Å². The molecule has 2 heterocycles. The van der Waals surface area contributed by atoms with Crippen molar-refractivity contribution in [2.45, 2.75) is 55.0 Å². The van der Waals surface area contributed by atoms with Gasteiger partial charge in [-0.2, -0.15) is 5.26 Å². The van der Waals surface area contributed by atoms with Crippen LogP contribution in [0.4, 0.5) is 0 Å². The van der Waals surface area contributed by atoms with E-state index in [4.69, 9.17) is 0 Å². The largest absolute Gasteiger partial charge is 0.337 e. The molecule has 1 aliphatic rings. The number of carbonyl (C=O) groups is 1. The maximum atomic E-state index is 12.5. The van der Waals surface area contributed by atoms with Gasteiger partial charge in [0, 0.05) is 6.20 Å². The number of aromatic nitrogens is 2. The molecule has 1 aliphatic carbocycles. The molecular formula is C17H20N4OS. The SMILES string of the molecule is C[C@H](Sc1ncc2ccccn12)C(=O)NC1(C#N)CCCCC1. The predicted octanol–water partition coefficient (Wildman–Crippen LogP) is 3.16. The fraction of sp³-hybridized carbons (Fsp3) is 0.471. The first-order valence-corrected chi connectivity index (χ1v) is 8.83. The lowest BCUT2D eigenvalue weighted by Gasteiger charge is -2.32. The molecule has 0 radical (unpaired) electrons. The molecule has 6 heteroatoms. The Bertz CT molecular complexity index is 742. The molecule has 0 bridgehead atoms. The summed E-state index contributed by atoms with van der Waals surface area (Å²) >= 11 is 1.42. The third kappa shape index (κ3) is 3.35. The van der Waals surface area contributed by atoms with Gasteiger partial charge in [0.1, 0.15) is 5.54 Å². The molecule has 0 aromatic carbocycles. The number of hydrogen-bond acceptors (Lipinski definition) is 4. The van der Waals surface area contributed by atoms with Crippen molar-refractivity contribution in [1.29, 1.82) is 5.26 Å². The van der Waals surface area contributed by atoms with Gasteiger partial charge in [-0.3, -0.25) is 9.20 Å². The van der Waals surface area contributed by atoms with Crippen LogP contribution in [0.2, 0.25) is 0 Å². The molecule has 1 amide bonds. The zero-order chi connectivity index (χ0) is 16.3. The zero-order valence-corrected chi connectivity index (χ0v) is 14.0. The summed E-state index contributed by atoms with van der Waals surface area (Å²) in [6.07, 6.45) is 8.38. The molecule has 0 unspecified atom stereocenters. The second-order valence-electron chi connectivity index (χ2n) is 6.04. The lowest BCUT2D eigenvalue weighted by Crippen LogP contribution is -2.50. The van der Waals surface area contributed by atoms with E-state index in [1.165, 1.54) is 11.8 Å². The topological polar surface area (TPSA) is 70.2 Å². The van der Waals surface area contributed by atoms with Crippen molar-refractivity contribution in [3.8, 4) is 6.07 Å².